The fourth-order valence-corrected chi connectivity index (χ4v) is 4.02. The molecule has 0 atom stereocenters. The van der Waals surface area contributed by atoms with Crippen molar-refractivity contribution in [1.82, 2.24) is 9.78 Å². The lowest BCUT2D eigenvalue weighted by atomic mass is 10.0. The third-order valence-electron chi connectivity index (χ3n) is 4.56. The van der Waals surface area contributed by atoms with E-state index < -0.39 is 11.7 Å². The Labute approximate surface area is 183 Å². The van der Waals surface area contributed by atoms with Crippen LogP contribution in [0.25, 0.3) is 22.2 Å². The van der Waals surface area contributed by atoms with Crippen LogP contribution < -0.4 is 0 Å². The lowest BCUT2D eigenvalue weighted by Crippen LogP contribution is -2.07. The maximum Gasteiger partial charge on any atom is 0.418 e. The van der Waals surface area contributed by atoms with E-state index in [1.54, 1.807) is 24.3 Å². The molecule has 0 amide bonds. The highest BCUT2D eigenvalue weighted by Gasteiger charge is 2.34. The van der Waals surface area contributed by atoms with Gasteiger partial charge in [-0.15, -0.1) is 0 Å². The third kappa shape index (κ3) is 3.89. The van der Waals surface area contributed by atoms with Crippen LogP contribution in [0.15, 0.2) is 65.1 Å². The van der Waals surface area contributed by atoms with Crippen molar-refractivity contribution >= 4 is 50.0 Å². The molecule has 0 saturated carbocycles. The molecule has 1 aromatic heterocycles. The Morgan fingerprint density at radius 1 is 0.897 bits per heavy atom. The number of halogens is 6. The zero-order chi connectivity index (χ0) is 20.8. The number of benzene rings is 3. The number of aromatic nitrogens is 2. The summed E-state index contributed by atoms with van der Waals surface area (Å²) < 4.78 is 43.1. The molecule has 0 N–H and O–H groups in total. The summed E-state index contributed by atoms with van der Waals surface area (Å²) in [5.74, 6) is 0. The van der Waals surface area contributed by atoms with E-state index in [2.05, 4.69) is 21.0 Å². The highest BCUT2D eigenvalue weighted by Crippen LogP contribution is 2.39. The Bertz CT molecular complexity index is 1180. The van der Waals surface area contributed by atoms with Crippen molar-refractivity contribution in [3.63, 3.8) is 0 Å². The van der Waals surface area contributed by atoms with E-state index in [-0.39, 0.29) is 12.1 Å². The highest BCUT2D eigenvalue weighted by molar-refractivity contribution is 9.10. The second kappa shape index (κ2) is 7.67. The van der Waals surface area contributed by atoms with Gasteiger partial charge < -0.3 is 0 Å². The van der Waals surface area contributed by atoms with Crippen molar-refractivity contribution in [2.75, 3.05) is 0 Å². The summed E-state index contributed by atoms with van der Waals surface area (Å²) in [5.41, 5.74) is 1.00. The van der Waals surface area contributed by atoms with Crippen LogP contribution in [-0.4, -0.2) is 9.78 Å². The molecule has 3 aromatic carbocycles. The Morgan fingerprint density at radius 3 is 2.14 bits per heavy atom. The largest absolute Gasteiger partial charge is 0.418 e. The first kappa shape index (κ1) is 20.3. The van der Waals surface area contributed by atoms with Crippen LogP contribution in [-0.2, 0) is 12.7 Å². The zero-order valence-corrected chi connectivity index (χ0v) is 17.7. The summed E-state index contributed by atoms with van der Waals surface area (Å²) in [6.07, 6.45) is -4.52. The molecule has 0 aliphatic heterocycles. The number of rotatable bonds is 3. The summed E-state index contributed by atoms with van der Waals surface area (Å²) in [6.45, 7) is 0.135. The van der Waals surface area contributed by atoms with E-state index in [0.29, 0.717) is 26.7 Å². The molecule has 29 heavy (non-hydrogen) atoms. The van der Waals surface area contributed by atoms with E-state index in [9.17, 15) is 13.2 Å². The molecule has 0 bridgehead atoms. The van der Waals surface area contributed by atoms with Crippen LogP contribution in [0.3, 0.4) is 0 Å². The Morgan fingerprint density at radius 2 is 1.52 bits per heavy atom. The Balaban J connectivity index is 1.99. The fourth-order valence-electron chi connectivity index (χ4n) is 3.24. The topological polar surface area (TPSA) is 17.8 Å². The van der Waals surface area contributed by atoms with Gasteiger partial charge in [-0.1, -0.05) is 69.5 Å². The van der Waals surface area contributed by atoms with Crippen molar-refractivity contribution in [2.45, 2.75) is 12.7 Å². The van der Waals surface area contributed by atoms with Gasteiger partial charge in [-0.25, -0.2) is 0 Å². The zero-order valence-electron chi connectivity index (χ0n) is 14.6. The van der Waals surface area contributed by atoms with Gasteiger partial charge in [0.15, 0.2) is 0 Å². The molecule has 0 spiro atoms. The lowest BCUT2D eigenvalue weighted by Gasteiger charge is -2.11. The van der Waals surface area contributed by atoms with Gasteiger partial charge in [0.1, 0.15) is 5.52 Å². The second-order valence-electron chi connectivity index (χ2n) is 6.41. The number of nitrogens with zero attached hydrogens (tertiary/aromatic N) is 2. The molecule has 0 radical (unpaired) electrons. The number of alkyl halides is 3. The minimum absolute atomic E-state index is 0.110. The van der Waals surface area contributed by atoms with E-state index >= 15 is 0 Å². The van der Waals surface area contributed by atoms with Crippen LogP contribution >= 0.6 is 39.1 Å². The average molecular weight is 500 g/mol. The van der Waals surface area contributed by atoms with E-state index in [1.165, 1.54) is 10.7 Å². The molecule has 0 fully saturated rings. The third-order valence-corrected chi connectivity index (χ3v) is 5.80. The fraction of sp³-hybridized carbons (Fsp3) is 0.0952. The maximum absolute atomic E-state index is 13.6. The van der Waals surface area contributed by atoms with Crippen molar-refractivity contribution in [3.05, 3.63) is 86.3 Å². The van der Waals surface area contributed by atoms with Gasteiger partial charge in [0.25, 0.3) is 0 Å². The smallest absolute Gasteiger partial charge is 0.259 e. The van der Waals surface area contributed by atoms with Crippen molar-refractivity contribution in [1.29, 1.82) is 0 Å². The average Bonchev–Trinajstić information content (AvgIpc) is 3.02. The minimum Gasteiger partial charge on any atom is -0.259 e. The van der Waals surface area contributed by atoms with E-state index in [1.807, 2.05) is 24.3 Å². The van der Waals surface area contributed by atoms with Gasteiger partial charge in [-0.2, -0.15) is 18.3 Å². The normalized spacial score (nSPS) is 11.9. The lowest BCUT2D eigenvalue weighted by molar-refractivity contribution is -0.136. The molecule has 0 aliphatic rings. The van der Waals surface area contributed by atoms with Gasteiger partial charge in [-0.3, -0.25) is 4.68 Å². The van der Waals surface area contributed by atoms with Gasteiger partial charge in [0.05, 0.1) is 17.8 Å². The van der Waals surface area contributed by atoms with Gasteiger partial charge in [0.2, 0.25) is 0 Å². The summed E-state index contributed by atoms with van der Waals surface area (Å²) >= 11 is 16.0. The van der Waals surface area contributed by atoms with Gasteiger partial charge in [-0.05, 0) is 30.3 Å². The number of hydrogen-bond donors (Lipinski definition) is 0. The highest BCUT2D eigenvalue weighted by atomic mass is 79.9. The molecule has 4 aromatic rings. The Hall–Kier alpha value is -2.02. The molecule has 0 unspecified atom stereocenters. The first-order valence-corrected chi connectivity index (χ1v) is 10.1. The van der Waals surface area contributed by atoms with Gasteiger partial charge in [0, 0.05) is 31.0 Å². The van der Waals surface area contributed by atoms with Crippen LogP contribution in [0.4, 0.5) is 13.2 Å². The van der Waals surface area contributed by atoms with E-state index in [0.717, 1.165) is 16.1 Å². The van der Waals surface area contributed by atoms with Crippen LogP contribution in [0.5, 0.6) is 0 Å². The molecule has 0 aliphatic carbocycles. The number of fused-ring (bicyclic) bond motifs is 1. The van der Waals surface area contributed by atoms with Crippen LogP contribution in [0.1, 0.15) is 11.1 Å². The molecule has 8 heteroatoms. The van der Waals surface area contributed by atoms with Crippen molar-refractivity contribution < 1.29 is 13.2 Å². The summed E-state index contributed by atoms with van der Waals surface area (Å²) in [5, 5.41) is 5.58. The second-order valence-corrected chi connectivity index (χ2v) is 8.14. The van der Waals surface area contributed by atoms with Crippen molar-refractivity contribution in [2.24, 2.45) is 0 Å². The summed E-state index contributed by atoms with van der Waals surface area (Å²) in [7, 11) is 0. The maximum atomic E-state index is 13.6. The van der Waals surface area contributed by atoms with Crippen LogP contribution in [0, 0.1) is 0 Å². The van der Waals surface area contributed by atoms with Crippen molar-refractivity contribution in [3.8, 4) is 11.3 Å². The molecule has 1 heterocycles. The van der Waals surface area contributed by atoms with Gasteiger partial charge >= 0.3 is 6.18 Å². The summed E-state index contributed by atoms with van der Waals surface area (Å²) in [4.78, 5) is 0. The predicted octanol–water partition coefficient (Wildman–Crippen LogP) is 7.84. The minimum atomic E-state index is -4.52. The summed E-state index contributed by atoms with van der Waals surface area (Å²) in [6, 6.07) is 16.5. The van der Waals surface area contributed by atoms with Crippen LogP contribution in [0.2, 0.25) is 10.0 Å². The number of hydrogen-bond acceptors (Lipinski definition) is 1. The monoisotopic (exact) mass is 498 g/mol. The quantitative estimate of drug-likeness (QED) is 0.280. The van der Waals surface area contributed by atoms with E-state index in [4.69, 9.17) is 23.2 Å². The first-order valence-electron chi connectivity index (χ1n) is 8.51. The molecular formula is C21H12BrCl2F3N2. The molecule has 2 nitrogen and oxygen atoms in total. The molecule has 0 saturated heterocycles. The molecule has 148 valence electrons. The molecule has 4 rings (SSSR count). The standard InChI is InChI=1S/C21H12BrCl2F3N2/c22-13-9-7-12(8-10-13)20-14-3-1-4-16(21(25,26)27)19(14)28-29(20)11-15-17(23)5-2-6-18(15)24/h1-10H,11H2. The molecular weight excluding hydrogens is 488 g/mol. The predicted molar refractivity (Wildman–Crippen MR) is 113 cm³/mol. The SMILES string of the molecule is FC(F)(F)c1cccc2c(-c3ccc(Br)cc3)n(Cc3c(Cl)cccc3Cl)nc12. The Kier molecular flexibility index (Phi) is 5.36. The first-order chi connectivity index (χ1) is 13.8.